The highest BCUT2D eigenvalue weighted by molar-refractivity contribution is 5.92. The van der Waals surface area contributed by atoms with Gasteiger partial charge in [0.05, 0.1) is 6.20 Å². The summed E-state index contributed by atoms with van der Waals surface area (Å²) in [5.74, 6) is 0.307. The highest BCUT2D eigenvalue weighted by Crippen LogP contribution is 2.43. The van der Waals surface area contributed by atoms with Crippen molar-refractivity contribution in [1.29, 1.82) is 0 Å². The Balaban J connectivity index is 1.51. The van der Waals surface area contributed by atoms with Crippen molar-refractivity contribution in [3.8, 4) is 5.75 Å². The minimum absolute atomic E-state index is 0.0685. The van der Waals surface area contributed by atoms with Gasteiger partial charge in [-0.05, 0) is 17.7 Å². The van der Waals surface area contributed by atoms with Gasteiger partial charge in [-0.2, -0.15) is 0 Å². The van der Waals surface area contributed by atoms with E-state index in [1.807, 2.05) is 6.07 Å². The lowest BCUT2D eigenvalue weighted by molar-refractivity contribution is 0.0179. The van der Waals surface area contributed by atoms with E-state index in [1.165, 1.54) is 17.8 Å². The Morgan fingerprint density at radius 1 is 1.07 bits per heavy atom. The maximum absolute atomic E-state index is 12.9. The highest BCUT2D eigenvalue weighted by Gasteiger charge is 2.55. The summed E-state index contributed by atoms with van der Waals surface area (Å²) in [6, 6.07) is 13.8. The van der Waals surface area contributed by atoms with Crippen LogP contribution < -0.4 is 5.32 Å². The molecule has 4 fully saturated rings. The summed E-state index contributed by atoms with van der Waals surface area (Å²) < 4.78 is 0. The van der Waals surface area contributed by atoms with Crippen LogP contribution in [0.5, 0.6) is 5.75 Å². The molecule has 3 unspecified atom stereocenters. The second-order valence-electron chi connectivity index (χ2n) is 8.11. The molecule has 4 aliphatic rings. The molecule has 6 nitrogen and oxygen atoms in total. The standard InChI is InChI=1S/C21H24N4O2/c26-17-6-7-18(22-10-17)20(27)23-19-15-11-24-8-9-25(12-15)14-21(19,13-24)16-4-2-1-3-5-16/h1-7,10,15,19,26H,8-9,11-14H2,(H,23,27). The number of nitrogens with zero attached hydrogens (tertiary/aromatic N) is 3. The summed E-state index contributed by atoms with van der Waals surface area (Å²) in [5, 5.41) is 12.8. The molecule has 0 saturated carbocycles. The van der Waals surface area contributed by atoms with Crippen molar-refractivity contribution in [3.63, 3.8) is 0 Å². The molecule has 4 bridgehead atoms. The number of rotatable bonds is 3. The second kappa shape index (κ2) is 6.32. The lowest BCUT2D eigenvalue weighted by atomic mass is 9.64. The third-order valence-electron chi connectivity index (χ3n) is 6.41. The molecule has 1 amide bonds. The topological polar surface area (TPSA) is 68.7 Å². The molecule has 6 rings (SSSR count). The monoisotopic (exact) mass is 364 g/mol. The van der Waals surface area contributed by atoms with Crippen molar-refractivity contribution in [2.75, 3.05) is 39.3 Å². The van der Waals surface area contributed by atoms with E-state index < -0.39 is 0 Å². The molecule has 1 aromatic carbocycles. The molecule has 27 heavy (non-hydrogen) atoms. The van der Waals surface area contributed by atoms with Crippen LogP contribution in [0.3, 0.4) is 0 Å². The van der Waals surface area contributed by atoms with E-state index in [1.54, 1.807) is 6.07 Å². The van der Waals surface area contributed by atoms with Gasteiger partial charge in [0.15, 0.2) is 0 Å². The first-order chi connectivity index (χ1) is 13.1. The number of nitrogens with one attached hydrogen (secondary N) is 1. The molecular formula is C21H24N4O2. The summed E-state index contributed by atoms with van der Waals surface area (Å²) in [6.07, 6.45) is 1.32. The van der Waals surface area contributed by atoms with Gasteiger partial charge in [-0.1, -0.05) is 30.3 Å². The molecule has 4 aliphatic heterocycles. The smallest absolute Gasteiger partial charge is 0.270 e. The van der Waals surface area contributed by atoms with Crippen molar-refractivity contribution in [2.24, 2.45) is 5.92 Å². The molecule has 6 heteroatoms. The van der Waals surface area contributed by atoms with Crippen molar-refractivity contribution in [1.82, 2.24) is 20.1 Å². The first-order valence-corrected chi connectivity index (χ1v) is 9.60. The van der Waals surface area contributed by atoms with E-state index in [0.29, 0.717) is 11.6 Å². The number of aromatic nitrogens is 1. The van der Waals surface area contributed by atoms with Crippen molar-refractivity contribution >= 4 is 5.91 Å². The van der Waals surface area contributed by atoms with E-state index in [9.17, 15) is 9.90 Å². The number of carbonyl (C=O) groups is 1. The van der Waals surface area contributed by atoms with Gasteiger partial charge in [-0.3, -0.25) is 4.79 Å². The van der Waals surface area contributed by atoms with Gasteiger partial charge in [0, 0.05) is 56.6 Å². The normalized spacial score (nSPS) is 34.2. The first-order valence-electron chi connectivity index (χ1n) is 9.60. The number of amides is 1. The summed E-state index contributed by atoms with van der Waals surface area (Å²) >= 11 is 0. The van der Waals surface area contributed by atoms with Crippen LogP contribution in [0.2, 0.25) is 0 Å². The number of benzene rings is 1. The maximum atomic E-state index is 12.9. The Bertz CT molecular complexity index is 823. The average Bonchev–Trinajstić information content (AvgIpc) is 2.94. The first kappa shape index (κ1) is 16.7. The predicted octanol–water partition coefficient (Wildman–Crippen LogP) is 1.08. The van der Waals surface area contributed by atoms with Crippen molar-refractivity contribution in [3.05, 3.63) is 59.9 Å². The zero-order chi connectivity index (χ0) is 18.4. The lowest BCUT2D eigenvalue weighted by Crippen LogP contribution is -2.70. The maximum Gasteiger partial charge on any atom is 0.270 e. The van der Waals surface area contributed by atoms with E-state index >= 15 is 0 Å². The fourth-order valence-corrected chi connectivity index (χ4v) is 5.30. The minimum Gasteiger partial charge on any atom is -0.506 e. The number of hydrogen-bond donors (Lipinski definition) is 2. The van der Waals surface area contributed by atoms with E-state index in [4.69, 9.17) is 0 Å². The number of piperidine rings is 2. The molecule has 2 N–H and O–H groups in total. The van der Waals surface area contributed by atoms with Crippen LogP contribution in [-0.2, 0) is 5.41 Å². The van der Waals surface area contributed by atoms with Crippen LogP contribution in [0.1, 0.15) is 16.1 Å². The number of carbonyl (C=O) groups excluding carboxylic acids is 1. The zero-order valence-electron chi connectivity index (χ0n) is 15.2. The summed E-state index contributed by atoms with van der Waals surface area (Å²) in [4.78, 5) is 22.1. The van der Waals surface area contributed by atoms with Gasteiger partial charge in [-0.15, -0.1) is 0 Å². The SMILES string of the molecule is O=C(NC1C2CN3CCN(C2)CC1(c1ccccc1)C3)c1ccc(O)cn1. The van der Waals surface area contributed by atoms with Crippen LogP contribution in [0.4, 0.5) is 0 Å². The fourth-order valence-electron chi connectivity index (χ4n) is 5.30. The Morgan fingerprint density at radius 2 is 1.78 bits per heavy atom. The van der Waals surface area contributed by atoms with Crippen LogP contribution in [-0.4, -0.2) is 71.1 Å². The van der Waals surface area contributed by atoms with E-state index in [0.717, 1.165) is 39.3 Å². The molecule has 5 heterocycles. The molecule has 0 spiro atoms. The van der Waals surface area contributed by atoms with Gasteiger partial charge in [-0.25, -0.2) is 4.98 Å². The van der Waals surface area contributed by atoms with Crippen LogP contribution in [0.15, 0.2) is 48.7 Å². The molecule has 0 radical (unpaired) electrons. The number of hydrogen-bond acceptors (Lipinski definition) is 5. The third kappa shape index (κ3) is 2.80. The lowest BCUT2D eigenvalue weighted by Gasteiger charge is -2.55. The Morgan fingerprint density at radius 3 is 2.41 bits per heavy atom. The second-order valence-corrected chi connectivity index (χ2v) is 8.11. The Kier molecular flexibility index (Phi) is 3.91. The largest absolute Gasteiger partial charge is 0.506 e. The van der Waals surface area contributed by atoms with Crippen LogP contribution in [0, 0.1) is 5.92 Å². The molecular weight excluding hydrogens is 340 g/mol. The minimum atomic E-state index is -0.161. The van der Waals surface area contributed by atoms with E-state index in [2.05, 4.69) is 44.4 Å². The van der Waals surface area contributed by atoms with Crippen LogP contribution >= 0.6 is 0 Å². The van der Waals surface area contributed by atoms with Crippen molar-refractivity contribution < 1.29 is 9.90 Å². The Hall–Kier alpha value is -2.44. The summed E-state index contributed by atoms with van der Waals surface area (Å²) in [7, 11) is 0. The quantitative estimate of drug-likeness (QED) is 0.853. The molecule has 4 saturated heterocycles. The number of pyridine rings is 1. The highest BCUT2D eigenvalue weighted by atomic mass is 16.3. The zero-order valence-corrected chi connectivity index (χ0v) is 15.2. The number of fused-ring (bicyclic) bond motifs is 1. The fraction of sp³-hybridized carbons (Fsp3) is 0.429. The van der Waals surface area contributed by atoms with Gasteiger partial charge >= 0.3 is 0 Å². The molecule has 3 atom stereocenters. The predicted molar refractivity (Wildman–Crippen MR) is 102 cm³/mol. The van der Waals surface area contributed by atoms with E-state index in [-0.39, 0.29) is 23.1 Å². The molecule has 140 valence electrons. The average molecular weight is 364 g/mol. The van der Waals surface area contributed by atoms with Gasteiger partial charge in [0.25, 0.3) is 5.91 Å². The summed E-state index contributed by atoms with van der Waals surface area (Å²) in [6.45, 7) is 6.20. The number of aromatic hydroxyl groups is 1. The Labute approximate surface area is 158 Å². The molecule has 2 aromatic rings. The van der Waals surface area contributed by atoms with Gasteiger partial charge in [0.2, 0.25) is 0 Å². The molecule has 0 aliphatic carbocycles. The van der Waals surface area contributed by atoms with Crippen molar-refractivity contribution in [2.45, 2.75) is 11.5 Å². The van der Waals surface area contributed by atoms with Gasteiger partial charge < -0.3 is 20.2 Å². The van der Waals surface area contributed by atoms with Crippen LogP contribution in [0.25, 0.3) is 0 Å². The molecule has 1 aromatic heterocycles. The van der Waals surface area contributed by atoms with Gasteiger partial charge in [0.1, 0.15) is 11.4 Å². The summed E-state index contributed by atoms with van der Waals surface area (Å²) in [5.41, 5.74) is 1.55. The third-order valence-corrected chi connectivity index (χ3v) is 6.41.